The van der Waals surface area contributed by atoms with Gasteiger partial charge in [0, 0.05) is 29.9 Å². The van der Waals surface area contributed by atoms with E-state index in [1.165, 1.54) is 20.1 Å². The van der Waals surface area contributed by atoms with Crippen molar-refractivity contribution >= 4 is 16.9 Å². The first kappa shape index (κ1) is 23.8. The first-order valence-electron chi connectivity index (χ1n) is 11.2. The predicted molar refractivity (Wildman–Crippen MR) is 124 cm³/mol. The summed E-state index contributed by atoms with van der Waals surface area (Å²) in [6, 6.07) is 8.46. The van der Waals surface area contributed by atoms with Crippen molar-refractivity contribution in [1.82, 2.24) is 15.0 Å². The molecule has 2 atom stereocenters. The zero-order chi connectivity index (χ0) is 24.5. The molecule has 7 nitrogen and oxygen atoms in total. The summed E-state index contributed by atoms with van der Waals surface area (Å²) >= 11 is 0. The van der Waals surface area contributed by atoms with Crippen molar-refractivity contribution in [2.24, 2.45) is 0 Å². The predicted octanol–water partition coefficient (Wildman–Crippen LogP) is 5.26. The van der Waals surface area contributed by atoms with Crippen LogP contribution >= 0.6 is 0 Å². The summed E-state index contributed by atoms with van der Waals surface area (Å²) in [5.41, 5.74) is 0.575. The van der Waals surface area contributed by atoms with Crippen LogP contribution in [0.4, 0.5) is 14.6 Å². The lowest BCUT2D eigenvalue weighted by molar-refractivity contribution is 0.0667. The summed E-state index contributed by atoms with van der Waals surface area (Å²) < 4.78 is 39.9. The first-order valence-corrected chi connectivity index (χ1v) is 11.2. The largest absolute Gasteiger partial charge is 0.481 e. The number of aromatic nitrogens is 3. The molecule has 1 aromatic carbocycles. The van der Waals surface area contributed by atoms with E-state index in [1.807, 2.05) is 6.07 Å². The van der Waals surface area contributed by atoms with E-state index in [2.05, 4.69) is 26.3 Å². The van der Waals surface area contributed by atoms with E-state index in [-0.39, 0.29) is 5.56 Å². The van der Waals surface area contributed by atoms with Gasteiger partial charge in [0.2, 0.25) is 5.88 Å². The zero-order valence-corrected chi connectivity index (χ0v) is 19.7. The highest BCUT2D eigenvalue weighted by atomic mass is 19.1. The number of fused-ring (bicyclic) bond motifs is 1. The Morgan fingerprint density at radius 2 is 1.88 bits per heavy atom. The number of hydrogen-bond donors (Lipinski definition) is 1. The minimum absolute atomic E-state index is 0.0130. The van der Waals surface area contributed by atoms with E-state index < -0.39 is 23.4 Å². The summed E-state index contributed by atoms with van der Waals surface area (Å²) in [6.07, 6.45) is -0.397. The van der Waals surface area contributed by atoms with Gasteiger partial charge in [-0.25, -0.2) is 18.7 Å². The van der Waals surface area contributed by atoms with Crippen LogP contribution in [0.5, 0.6) is 5.88 Å². The van der Waals surface area contributed by atoms with Crippen molar-refractivity contribution in [2.45, 2.75) is 51.2 Å². The number of benzene rings is 1. The number of methoxy groups -OCH3 is 1. The Kier molecular flexibility index (Phi) is 6.62. The SMILES string of the molecule is COc1nc2nc(C)nc(N[C@H](C)c3cccc(C(C)F)c3F)c2cc1C1(C#N)CCOCC1. The van der Waals surface area contributed by atoms with E-state index in [0.717, 1.165) is 0 Å². The number of hydrogen-bond acceptors (Lipinski definition) is 7. The molecule has 3 heterocycles. The third-order valence-electron chi connectivity index (χ3n) is 6.34. The molecule has 1 N–H and O–H groups in total. The third kappa shape index (κ3) is 4.26. The van der Waals surface area contributed by atoms with E-state index in [0.29, 0.717) is 65.7 Å². The summed E-state index contributed by atoms with van der Waals surface area (Å²) in [7, 11) is 1.51. The number of alkyl halides is 1. The Balaban J connectivity index is 1.82. The van der Waals surface area contributed by atoms with Crippen molar-refractivity contribution in [1.29, 1.82) is 5.26 Å². The highest BCUT2D eigenvalue weighted by Gasteiger charge is 2.38. The van der Waals surface area contributed by atoms with Crippen LogP contribution in [0.2, 0.25) is 0 Å². The number of nitrogens with zero attached hydrogens (tertiary/aromatic N) is 4. The van der Waals surface area contributed by atoms with Gasteiger partial charge >= 0.3 is 0 Å². The Hall–Kier alpha value is -3.38. The molecule has 178 valence electrons. The number of nitriles is 1. The molecule has 0 saturated carbocycles. The lowest BCUT2D eigenvalue weighted by atomic mass is 9.75. The molecule has 1 aliphatic heterocycles. The molecule has 0 aliphatic carbocycles. The lowest BCUT2D eigenvalue weighted by Gasteiger charge is -2.32. The molecule has 1 fully saturated rings. The van der Waals surface area contributed by atoms with Gasteiger partial charge in [-0.2, -0.15) is 10.2 Å². The van der Waals surface area contributed by atoms with Crippen LogP contribution < -0.4 is 10.1 Å². The molecule has 1 saturated heterocycles. The molecular formula is C25H27F2N5O2. The van der Waals surface area contributed by atoms with Gasteiger partial charge < -0.3 is 14.8 Å². The lowest BCUT2D eigenvalue weighted by Crippen LogP contribution is -2.33. The van der Waals surface area contributed by atoms with E-state index in [4.69, 9.17) is 9.47 Å². The minimum Gasteiger partial charge on any atom is -0.481 e. The second-order valence-electron chi connectivity index (χ2n) is 8.57. The summed E-state index contributed by atoms with van der Waals surface area (Å²) in [5, 5.41) is 13.9. The number of rotatable bonds is 6. The van der Waals surface area contributed by atoms with Gasteiger partial charge in [-0.3, -0.25) is 0 Å². The van der Waals surface area contributed by atoms with Crippen molar-refractivity contribution in [3.63, 3.8) is 0 Å². The van der Waals surface area contributed by atoms with Crippen LogP contribution in [0.1, 0.15) is 61.4 Å². The second-order valence-corrected chi connectivity index (χ2v) is 8.57. The molecule has 9 heteroatoms. The number of anilines is 1. The maximum Gasteiger partial charge on any atom is 0.220 e. The Morgan fingerprint density at radius 3 is 2.53 bits per heavy atom. The van der Waals surface area contributed by atoms with Crippen molar-refractivity contribution in [2.75, 3.05) is 25.6 Å². The first-order chi connectivity index (χ1) is 16.3. The van der Waals surface area contributed by atoms with E-state index in [9.17, 15) is 14.0 Å². The van der Waals surface area contributed by atoms with Crippen LogP contribution in [0, 0.1) is 24.1 Å². The second kappa shape index (κ2) is 9.47. The van der Waals surface area contributed by atoms with Gasteiger partial charge in [0.05, 0.1) is 30.0 Å². The zero-order valence-electron chi connectivity index (χ0n) is 19.7. The van der Waals surface area contributed by atoms with Crippen LogP contribution in [-0.2, 0) is 10.2 Å². The normalized spacial score (nSPS) is 17.1. The van der Waals surface area contributed by atoms with Crippen LogP contribution in [-0.4, -0.2) is 35.3 Å². The monoisotopic (exact) mass is 467 g/mol. The molecule has 1 unspecified atom stereocenters. The smallest absolute Gasteiger partial charge is 0.220 e. The molecule has 1 aliphatic rings. The fourth-order valence-corrected chi connectivity index (χ4v) is 4.41. The number of nitrogens with one attached hydrogen (secondary N) is 1. The molecular weight excluding hydrogens is 440 g/mol. The molecule has 4 rings (SSSR count). The number of ether oxygens (including phenoxy) is 2. The van der Waals surface area contributed by atoms with Crippen molar-refractivity contribution in [3.8, 4) is 11.9 Å². The Labute approximate surface area is 197 Å². The molecule has 2 aromatic heterocycles. The Bertz CT molecular complexity index is 1250. The summed E-state index contributed by atoms with van der Waals surface area (Å²) in [4.78, 5) is 13.6. The number of aryl methyl sites for hydroxylation is 1. The third-order valence-corrected chi connectivity index (χ3v) is 6.34. The molecule has 34 heavy (non-hydrogen) atoms. The molecule has 0 radical (unpaired) electrons. The standard InChI is InChI=1S/C25H27F2N5O2/c1-14(26)17-6-5-7-18(21(17)27)15(2)29-22-19-12-20(25(13-28)8-10-34-11-9-25)24(33-4)32-23(19)31-16(3)30-22/h5-7,12,14-15H,8-11H2,1-4H3,(H,29,30,31,32)/t14?,15-/m1/s1. The fourth-order valence-electron chi connectivity index (χ4n) is 4.41. The van der Waals surface area contributed by atoms with Crippen LogP contribution in [0.3, 0.4) is 0 Å². The highest BCUT2D eigenvalue weighted by Crippen LogP contribution is 2.41. The van der Waals surface area contributed by atoms with Crippen molar-refractivity contribution < 1.29 is 18.3 Å². The van der Waals surface area contributed by atoms with Gasteiger partial charge in [0.15, 0.2) is 5.65 Å². The molecule has 0 bridgehead atoms. The van der Waals surface area contributed by atoms with Gasteiger partial charge in [0.1, 0.15) is 23.6 Å². The van der Waals surface area contributed by atoms with Crippen LogP contribution in [0.15, 0.2) is 24.3 Å². The van der Waals surface area contributed by atoms with E-state index in [1.54, 1.807) is 26.0 Å². The highest BCUT2D eigenvalue weighted by molar-refractivity contribution is 5.88. The molecule has 0 spiro atoms. The fraction of sp³-hybridized carbons (Fsp3) is 0.440. The summed E-state index contributed by atoms with van der Waals surface area (Å²) in [6.45, 7) is 5.75. The molecule has 0 amide bonds. The van der Waals surface area contributed by atoms with Gasteiger partial charge in [-0.1, -0.05) is 18.2 Å². The average molecular weight is 468 g/mol. The topological polar surface area (TPSA) is 93.0 Å². The van der Waals surface area contributed by atoms with Gasteiger partial charge in [0.25, 0.3) is 0 Å². The minimum atomic E-state index is -1.42. The maximum atomic E-state index is 15.0. The van der Waals surface area contributed by atoms with Gasteiger partial charge in [-0.15, -0.1) is 0 Å². The van der Waals surface area contributed by atoms with E-state index >= 15 is 0 Å². The maximum absolute atomic E-state index is 15.0. The quantitative estimate of drug-likeness (QED) is 0.529. The average Bonchev–Trinajstić information content (AvgIpc) is 2.83. The number of halogens is 2. The van der Waals surface area contributed by atoms with Gasteiger partial charge in [-0.05, 0) is 39.7 Å². The number of pyridine rings is 1. The van der Waals surface area contributed by atoms with Crippen molar-refractivity contribution in [3.05, 3.63) is 52.6 Å². The van der Waals surface area contributed by atoms with Crippen LogP contribution in [0.25, 0.3) is 11.0 Å². The molecule has 3 aromatic rings. The Morgan fingerprint density at radius 1 is 1.18 bits per heavy atom. The summed E-state index contributed by atoms with van der Waals surface area (Å²) in [5.74, 6) is 0.671.